The van der Waals surface area contributed by atoms with Crippen LogP contribution in [-0.2, 0) is 0 Å². The van der Waals surface area contributed by atoms with Crippen molar-refractivity contribution >= 4 is 0 Å². The summed E-state index contributed by atoms with van der Waals surface area (Å²) in [5.41, 5.74) is 2.94. The second-order valence-corrected chi connectivity index (χ2v) is 3.12. The van der Waals surface area contributed by atoms with Crippen molar-refractivity contribution in [3.63, 3.8) is 0 Å². The van der Waals surface area contributed by atoms with E-state index < -0.39 is 0 Å². The van der Waals surface area contributed by atoms with Crippen LogP contribution in [0.2, 0.25) is 0 Å². The van der Waals surface area contributed by atoms with E-state index in [4.69, 9.17) is 0 Å². The van der Waals surface area contributed by atoms with Crippen molar-refractivity contribution in [2.75, 3.05) is 13.6 Å². The third-order valence-corrected chi connectivity index (χ3v) is 2.34. The lowest BCUT2D eigenvalue weighted by Gasteiger charge is -2.11. The van der Waals surface area contributed by atoms with Crippen LogP contribution in [0, 0.1) is 0 Å². The fourth-order valence-corrected chi connectivity index (χ4v) is 1.68. The quantitative estimate of drug-likeness (QED) is 0.507. The Hall–Kier alpha value is -0.980. The van der Waals surface area contributed by atoms with E-state index in [1.807, 2.05) is 0 Å². The Bertz CT molecular complexity index is 246. The highest BCUT2D eigenvalue weighted by Gasteiger charge is 2.17. The molecule has 0 bridgehead atoms. The van der Waals surface area contributed by atoms with Crippen molar-refractivity contribution in [1.82, 2.24) is 4.90 Å². The zero-order valence-corrected chi connectivity index (χ0v) is 6.88. The number of likely N-dealkylation sites (tertiary alicyclic amines) is 1. The van der Waals surface area contributed by atoms with Gasteiger partial charge in [0.05, 0.1) is 0 Å². The molecule has 1 heteroatoms. The van der Waals surface area contributed by atoms with Crippen LogP contribution in [0.4, 0.5) is 0 Å². The van der Waals surface area contributed by atoms with E-state index in [0.29, 0.717) is 0 Å². The van der Waals surface area contributed by atoms with Gasteiger partial charge < -0.3 is 4.90 Å². The fourth-order valence-electron chi connectivity index (χ4n) is 1.68. The van der Waals surface area contributed by atoms with Crippen molar-refractivity contribution in [3.05, 3.63) is 35.6 Å². The van der Waals surface area contributed by atoms with Crippen LogP contribution < -0.4 is 0 Å². The second-order valence-electron chi connectivity index (χ2n) is 3.12. The molecule has 2 rings (SSSR count). The predicted octanol–water partition coefficient (Wildman–Crippen LogP) is 2.09. The van der Waals surface area contributed by atoms with Gasteiger partial charge in [-0.25, -0.2) is 0 Å². The fraction of sp³-hybridized carbons (Fsp3) is 0.400. The van der Waals surface area contributed by atoms with Gasteiger partial charge >= 0.3 is 0 Å². The third kappa shape index (κ3) is 1.11. The van der Waals surface area contributed by atoms with Crippen LogP contribution in [0.15, 0.2) is 35.6 Å². The van der Waals surface area contributed by atoms with Crippen molar-refractivity contribution in [3.8, 4) is 0 Å². The van der Waals surface area contributed by atoms with Gasteiger partial charge in [-0.3, -0.25) is 0 Å². The average Bonchev–Trinajstić information content (AvgIpc) is 2.25. The first kappa shape index (κ1) is 6.71. The first-order valence-corrected chi connectivity index (χ1v) is 4.15. The monoisotopic (exact) mass is 147 g/mol. The van der Waals surface area contributed by atoms with Gasteiger partial charge in [-0.15, -0.1) is 0 Å². The Morgan fingerprint density at radius 2 is 2.36 bits per heavy atom. The van der Waals surface area contributed by atoms with Gasteiger partial charge in [0.15, 0.2) is 0 Å². The van der Waals surface area contributed by atoms with E-state index in [1.54, 1.807) is 0 Å². The molecule has 1 nitrogen and oxygen atoms in total. The number of allylic oxidation sites excluding steroid dienone is 5. The topological polar surface area (TPSA) is 3.24 Å². The van der Waals surface area contributed by atoms with E-state index in [0.717, 1.165) is 6.42 Å². The summed E-state index contributed by atoms with van der Waals surface area (Å²) < 4.78 is 0. The lowest BCUT2D eigenvalue weighted by atomic mass is 10.2. The van der Waals surface area contributed by atoms with Crippen LogP contribution in [0.1, 0.15) is 12.8 Å². The summed E-state index contributed by atoms with van der Waals surface area (Å²) in [6.07, 6.45) is 11.2. The molecule has 0 aromatic carbocycles. The Labute approximate surface area is 67.7 Å². The normalized spacial score (nSPS) is 22.5. The molecule has 58 valence electrons. The molecule has 0 atom stereocenters. The van der Waals surface area contributed by atoms with Crippen LogP contribution in [0.3, 0.4) is 0 Å². The number of rotatable bonds is 0. The molecule has 0 N–H and O–H groups in total. The number of nitrogens with zero attached hydrogens (tertiary/aromatic N) is 1. The molecule has 11 heavy (non-hydrogen) atoms. The molecule has 0 saturated carbocycles. The maximum Gasteiger partial charge on any atom is 0.0359 e. The van der Waals surface area contributed by atoms with Gasteiger partial charge in [-0.1, -0.05) is 24.3 Å². The Balaban J connectivity index is 2.35. The van der Waals surface area contributed by atoms with Crippen LogP contribution >= 0.6 is 0 Å². The highest BCUT2D eigenvalue weighted by molar-refractivity contribution is 5.38. The summed E-state index contributed by atoms with van der Waals surface area (Å²) in [5, 5.41) is 0. The van der Waals surface area contributed by atoms with Crippen LogP contribution in [0.5, 0.6) is 0 Å². The van der Waals surface area contributed by atoms with Crippen molar-refractivity contribution in [2.45, 2.75) is 12.8 Å². The first-order valence-electron chi connectivity index (χ1n) is 4.15. The zero-order chi connectivity index (χ0) is 7.68. The molecular weight excluding hydrogens is 134 g/mol. The summed E-state index contributed by atoms with van der Waals surface area (Å²) in [5.74, 6) is 0. The van der Waals surface area contributed by atoms with E-state index >= 15 is 0 Å². The number of hydrogen-bond donors (Lipinski definition) is 0. The van der Waals surface area contributed by atoms with Crippen LogP contribution in [-0.4, -0.2) is 18.5 Å². The molecule has 0 radical (unpaired) electrons. The van der Waals surface area contributed by atoms with Gasteiger partial charge in [0.25, 0.3) is 0 Å². The van der Waals surface area contributed by atoms with E-state index in [-0.39, 0.29) is 0 Å². The lowest BCUT2D eigenvalue weighted by molar-refractivity contribution is 0.481. The summed E-state index contributed by atoms with van der Waals surface area (Å²) in [7, 11) is 2.16. The minimum atomic E-state index is 1.08. The number of likely N-dealkylation sites (N-methyl/N-ethyl adjacent to an activating group) is 1. The van der Waals surface area contributed by atoms with Crippen molar-refractivity contribution in [1.29, 1.82) is 0 Å². The van der Waals surface area contributed by atoms with Gasteiger partial charge in [0, 0.05) is 19.3 Å². The van der Waals surface area contributed by atoms with Gasteiger partial charge in [0.2, 0.25) is 0 Å². The number of hydrogen-bond acceptors (Lipinski definition) is 1. The first-order chi connectivity index (χ1) is 5.38. The standard InChI is InChI=1S/C10H13N/c1-11-8-7-9-5-3-2-4-6-10(9)11/h2-3,5-6H,4,7-8H2,1H3. The molecule has 0 spiro atoms. The highest BCUT2D eigenvalue weighted by atomic mass is 15.1. The summed E-state index contributed by atoms with van der Waals surface area (Å²) in [6, 6.07) is 0. The zero-order valence-electron chi connectivity index (χ0n) is 6.88. The van der Waals surface area contributed by atoms with E-state index in [9.17, 15) is 0 Å². The predicted molar refractivity (Wildman–Crippen MR) is 47.2 cm³/mol. The SMILES string of the molecule is CN1CCC2=CC=CCC=C21. The molecule has 1 aliphatic carbocycles. The van der Waals surface area contributed by atoms with Crippen molar-refractivity contribution in [2.24, 2.45) is 0 Å². The van der Waals surface area contributed by atoms with E-state index in [2.05, 4.69) is 36.3 Å². The maximum absolute atomic E-state index is 2.33. The summed E-state index contributed by atoms with van der Waals surface area (Å²) in [6.45, 7) is 1.19. The van der Waals surface area contributed by atoms with E-state index in [1.165, 1.54) is 24.2 Å². The molecular formula is C10H13N. The molecule has 2 aliphatic rings. The molecule has 1 fully saturated rings. The Morgan fingerprint density at radius 1 is 1.45 bits per heavy atom. The smallest absolute Gasteiger partial charge is 0.0359 e. The van der Waals surface area contributed by atoms with Gasteiger partial charge in [0.1, 0.15) is 0 Å². The molecule has 0 amide bonds. The summed E-state index contributed by atoms with van der Waals surface area (Å²) >= 11 is 0. The Morgan fingerprint density at radius 3 is 3.27 bits per heavy atom. The summed E-state index contributed by atoms with van der Waals surface area (Å²) in [4.78, 5) is 2.33. The van der Waals surface area contributed by atoms with Crippen molar-refractivity contribution < 1.29 is 0 Å². The van der Waals surface area contributed by atoms with Gasteiger partial charge in [-0.05, 0) is 18.4 Å². The Kier molecular flexibility index (Phi) is 1.57. The third-order valence-electron chi connectivity index (χ3n) is 2.34. The largest absolute Gasteiger partial charge is 0.374 e. The highest BCUT2D eigenvalue weighted by Crippen LogP contribution is 2.27. The molecule has 1 heterocycles. The molecule has 0 unspecified atom stereocenters. The molecule has 0 aromatic heterocycles. The molecule has 0 aromatic rings. The minimum Gasteiger partial charge on any atom is -0.374 e. The molecule has 1 aliphatic heterocycles. The number of fused-ring (bicyclic) bond motifs is 1. The lowest BCUT2D eigenvalue weighted by Crippen LogP contribution is -2.09. The molecule has 1 saturated heterocycles. The average molecular weight is 147 g/mol. The minimum absolute atomic E-state index is 1.08. The second kappa shape index (κ2) is 2.57. The van der Waals surface area contributed by atoms with Crippen LogP contribution in [0.25, 0.3) is 0 Å². The maximum atomic E-state index is 2.33. The van der Waals surface area contributed by atoms with Gasteiger partial charge in [-0.2, -0.15) is 0 Å².